The van der Waals surface area contributed by atoms with E-state index in [4.69, 9.17) is 0 Å². The molecule has 4 atom stereocenters. The molecule has 23 heavy (non-hydrogen) atoms. The first kappa shape index (κ1) is 15.8. The summed E-state index contributed by atoms with van der Waals surface area (Å²) in [4.78, 5) is 24.0. The van der Waals surface area contributed by atoms with Crippen molar-refractivity contribution in [1.82, 2.24) is 15.1 Å². The van der Waals surface area contributed by atoms with Crippen molar-refractivity contribution >= 4 is 11.9 Å². The average molecular weight is 317 g/mol. The smallest absolute Gasteiger partial charge is 0.307 e. The Morgan fingerprint density at radius 3 is 2.52 bits per heavy atom. The third-order valence-electron chi connectivity index (χ3n) is 5.38. The van der Waals surface area contributed by atoms with Gasteiger partial charge in [-0.15, -0.1) is 0 Å². The van der Waals surface area contributed by atoms with Crippen LogP contribution in [0.4, 0.5) is 0 Å². The maximum atomic E-state index is 12.5. The minimum absolute atomic E-state index is 0.0102. The molecule has 0 aromatic carbocycles. The standard InChI is InChI=1S/C17H23N3O3/c1-9-13(10(2)20(3)19-9)6-7-18-16(21)14-11-4-5-12(8-11)15(14)17(22)23/h4-5,11-12,14-15H,6-8H2,1-3H3,(H,18,21)(H,22,23). The number of aromatic nitrogens is 2. The molecule has 2 bridgehead atoms. The number of amides is 1. The molecule has 2 aliphatic carbocycles. The molecule has 2 aliphatic rings. The van der Waals surface area contributed by atoms with Gasteiger partial charge >= 0.3 is 5.97 Å². The predicted molar refractivity (Wildman–Crippen MR) is 84.7 cm³/mol. The highest BCUT2D eigenvalue weighted by molar-refractivity contribution is 5.86. The number of aryl methyl sites for hydroxylation is 2. The molecule has 0 radical (unpaired) electrons. The van der Waals surface area contributed by atoms with Gasteiger partial charge in [-0.3, -0.25) is 14.3 Å². The van der Waals surface area contributed by atoms with Crippen LogP contribution in [0.2, 0.25) is 0 Å². The van der Waals surface area contributed by atoms with Crippen LogP contribution in [0.5, 0.6) is 0 Å². The molecular weight excluding hydrogens is 294 g/mol. The van der Waals surface area contributed by atoms with Gasteiger partial charge in [-0.25, -0.2) is 0 Å². The zero-order valence-electron chi connectivity index (χ0n) is 13.7. The van der Waals surface area contributed by atoms with E-state index in [1.165, 1.54) is 0 Å². The van der Waals surface area contributed by atoms with Gasteiger partial charge in [0.1, 0.15) is 0 Å². The van der Waals surface area contributed by atoms with Crippen molar-refractivity contribution in [2.45, 2.75) is 26.7 Å². The summed E-state index contributed by atoms with van der Waals surface area (Å²) in [5.74, 6) is -1.92. The molecule has 0 saturated heterocycles. The minimum Gasteiger partial charge on any atom is -0.481 e. The minimum atomic E-state index is -0.860. The molecule has 0 spiro atoms. The van der Waals surface area contributed by atoms with E-state index in [0.717, 1.165) is 23.4 Å². The molecule has 6 nitrogen and oxygen atoms in total. The number of rotatable bonds is 5. The number of fused-ring (bicyclic) bond motifs is 2. The average Bonchev–Trinajstić information content (AvgIpc) is 3.16. The third kappa shape index (κ3) is 2.66. The fraction of sp³-hybridized carbons (Fsp3) is 0.588. The Hall–Kier alpha value is -2.11. The van der Waals surface area contributed by atoms with Crippen LogP contribution in [0.25, 0.3) is 0 Å². The van der Waals surface area contributed by atoms with E-state index in [2.05, 4.69) is 10.4 Å². The van der Waals surface area contributed by atoms with E-state index >= 15 is 0 Å². The van der Waals surface area contributed by atoms with E-state index in [9.17, 15) is 14.7 Å². The highest BCUT2D eigenvalue weighted by atomic mass is 16.4. The Balaban J connectivity index is 1.61. The Bertz CT molecular complexity index is 677. The van der Waals surface area contributed by atoms with Gasteiger partial charge in [-0.05, 0) is 44.1 Å². The van der Waals surface area contributed by atoms with E-state index in [-0.39, 0.29) is 17.7 Å². The normalized spacial score (nSPS) is 28.3. The number of hydrogen-bond donors (Lipinski definition) is 2. The summed E-state index contributed by atoms with van der Waals surface area (Å²) in [7, 11) is 1.91. The summed E-state index contributed by atoms with van der Waals surface area (Å²) in [6.45, 7) is 4.49. The van der Waals surface area contributed by atoms with Crippen LogP contribution in [-0.2, 0) is 23.1 Å². The molecule has 1 heterocycles. The maximum absolute atomic E-state index is 12.5. The van der Waals surface area contributed by atoms with Crippen molar-refractivity contribution in [3.05, 3.63) is 29.1 Å². The van der Waals surface area contributed by atoms with Gasteiger partial charge in [0.25, 0.3) is 0 Å². The first-order valence-electron chi connectivity index (χ1n) is 8.08. The topological polar surface area (TPSA) is 84.2 Å². The number of nitrogens with zero attached hydrogens (tertiary/aromatic N) is 2. The monoisotopic (exact) mass is 317 g/mol. The first-order valence-corrected chi connectivity index (χ1v) is 8.08. The fourth-order valence-corrected chi connectivity index (χ4v) is 4.12. The highest BCUT2D eigenvalue weighted by Gasteiger charge is 2.51. The van der Waals surface area contributed by atoms with Gasteiger partial charge in [0.2, 0.25) is 5.91 Å². The number of carbonyl (C=O) groups is 2. The van der Waals surface area contributed by atoms with Crippen molar-refractivity contribution in [2.24, 2.45) is 30.7 Å². The zero-order valence-corrected chi connectivity index (χ0v) is 13.7. The molecule has 0 aliphatic heterocycles. The first-order chi connectivity index (χ1) is 10.9. The Kier molecular flexibility index (Phi) is 4.00. The Labute approximate surface area is 135 Å². The quantitative estimate of drug-likeness (QED) is 0.800. The van der Waals surface area contributed by atoms with Crippen LogP contribution < -0.4 is 5.32 Å². The van der Waals surface area contributed by atoms with E-state index in [1.807, 2.05) is 37.7 Å². The molecule has 3 rings (SSSR count). The summed E-state index contributed by atoms with van der Waals surface area (Å²) in [6.07, 6.45) is 5.46. The molecule has 1 amide bonds. The molecule has 6 heteroatoms. The molecule has 124 valence electrons. The van der Waals surface area contributed by atoms with Crippen molar-refractivity contribution in [2.75, 3.05) is 6.54 Å². The maximum Gasteiger partial charge on any atom is 0.307 e. The number of nitrogens with one attached hydrogen (secondary N) is 1. The number of carbonyl (C=O) groups excluding carboxylic acids is 1. The molecule has 1 aromatic rings. The van der Waals surface area contributed by atoms with Crippen LogP contribution in [0, 0.1) is 37.5 Å². The lowest BCUT2D eigenvalue weighted by Gasteiger charge is -2.23. The largest absolute Gasteiger partial charge is 0.481 e. The second kappa shape index (κ2) is 5.83. The fourth-order valence-electron chi connectivity index (χ4n) is 4.12. The SMILES string of the molecule is Cc1nn(C)c(C)c1CCNC(=O)C1C2C=CC(C2)C1C(=O)O. The van der Waals surface area contributed by atoms with Crippen LogP contribution in [0.3, 0.4) is 0 Å². The van der Waals surface area contributed by atoms with Crippen LogP contribution in [0.1, 0.15) is 23.4 Å². The number of aliphatic carboxylic acids is 1. The van der Waals surface area contributed by atoms with E-state index in [1.54, 1.807) is 0 Å². The second-order valence-corrected chi connectivity index (χ2v) is 6.65. The number of carboxylic acid groups (broad SMARTS) is 1. The Morgan fingerprint density at radius 2 is 1.96 bits per heavy atom. The van der Waals surface area contributed by atoms with Gasteiger partial charge in [0.05, 0.1) is 17.5 Å². The van der Waals surface area contributed by atoms with Crippen molar-refractivity contribution in [3.63, 3.8) is 0 Å². The summed E-state index contributed by atoms with van der Waals surface area (Å²) < 4.78 is 1.84. The summed E-state index contributed by atoms with van der Waals surface area (Å²) >= 11 is 0. The number of carboxylic acids is 1. The van der Waals surface area contributed by atoms with Gasteiger partial charge in [0.15, 0.2) is 0 Å². The molecule has 1 aromatic heterocycles. The molecule has 4 unspecified atom stereocenters. The van der Waals surface area contributed by atoms with Gasteiger partial charge < -0.3 is 10.4 Å². The van der Waals surface area contributed by atoms with Crippen molar-refractivity contribution in [1.29, 1.82) is 0 Å². The number of allylic oxidation sites excluding steroid dienone is 2. The molecular formula is C17H23N3O3. The van der Waals surface area contributed by atoms with E-state index in [0.29, 0.717) is 13.0 Å². The van der Waals surface area contributed by atoms with Gasteiger partial charge in [0, 0.05) is 19.3 Å². The lowest BCUT2D eigenvalue weighted by Crippen LogP contribution is -2.40. The molecule has 1 saturated carbocycles. The third-order valence-corrected chi connectivity index (χ3v) is 5.38. The highest BCUT2D eigenvalue weighted by Crippen LogP contribution is 2.48. The van der Waals surface area contributed by atoms with Crippen LogP contribution in [0.15, 0.2) is 12.2 Å². The second-order valence-electron chi connectivity index (χ2n) is 6.65. The van der Waals surface area contributed by atoms with Gasteiger partial charge in [-0.1, -0.05) is 12.2 Å². The summed E-state index contributed by atoms with van der Waals surface area (Å²) in [5, 5.41) is 16.7. The van der Waals surface area contributed by atoms with Crippen LogP contribution >= 0.6 is 0 Å². The lowest BCUT2D eigenvalue weighted by atomic mass is 9.82. The molecule has 2 N–H and O–H groups in total. The predicted octanol–water partition coefficient (Wildman–Crippen LogP) is 1.22. The van der Waals surface area contributed by atoms with Crippen LogP contribution in [-0.4, -0.2) is 33.3 Å². The van der Waals surface area contributed by atoms with Gasteiger partial charge in [-0.2, -0.15) is 5.10 Å². The Morgan fingerprint density at radius 1 is 1.30 bits per heavy atom. The molecule has 1 fully saturated rings. The lowest BCUT2D eigenvalue weighted by molar-refractivity contribution is -0.147. The summed E-state index contributed by atoms with van der Waals surface area (Å²) in [5.41, 5.74) is 3.23. The summed E-state index contributed by atoms with van der Waals surface area (Å²) in [6, 6.07) is 0. The van der Waals surface area contributed by atoms with E-state index < -0.39 is 17.8 Å². The zero-order chi connectivity index (χ0) is 16.7. The van der Waals surface area contributed by atoms with Crippen molar-refractivity contribution in [3.8, 4) is 0 Å². The number of hydrogen-bond acceptors (Lipinski definition) is 3. The van der Waals surface area contributed by atoms with Crippen molar-refractivity contribution < 1.29 is 14.7 Å².